The van der Waals surface area contributed by atoms with Crippen LogP contribution in [0.25, 0.3) is 0 Å². The quantitative estimate of drug-likeness (QED) is 0.694. The van der Waals surface area contributed by atoms with Crippen LogP contribution in [0.4, 0.5) is 4.39 Å². The van der Waals surface area contributed by atoms with Crippen LogP contribution < -0.4 is 5.73 Å². The lowest BCUT2D eigenvalue weighted by atomic mass is 9.93. The SMILES string of the molecule is CC#CC(N)C1c2ccccc2CC1F. The third-order valence-electron chi connectivity index (χ3n) is 2.92. The molecule has 15 heavy (non-hydrogen) atoms. The van der Waals surface area contributed by atoms with E-state index in [4.69, 9.17) is 5.73 Å². The summed E-state index contributed by atoms with van der Waals surface area (Å²) in [6.07, 6.45) is -0.418. The summed E-state index contributed by atoms with van der Waals surface area (Å²) in [5, 5.41) is 0. The van der Waals surface area contributed by atoms with E-state index in [2.05, 4.69) is 11.8 Å². The zero-order valence-corrected chi connectivity index (χ0v) is 8.70. The van der Waals surface area contributed by atoms with E-state index in [-0.39, 0.29) is 5.92 Å². The molecule has 2 rings (SSSR count). The van der Waals surface area contributed by atoms with Gasteiger partial charge in [-0.1, -0.05) is 30.2 Å². The summed E-state index contributed by atoms with van der Waals surface area (Å²) >= 11 is 0. The van der Waals surface area contributed by atoms with E-state index in [9.17, 15) is 4.39 Å². The van der Waals surface area contributed by atoms with Crippen LogP contribution in [0.5, 0.6) is 0 Å². The van der Waals surface area contributed by atoms with Crippen molar-refractivity contribution in [1.29, 1.82) is 0 Å². The van der Waals surface area contributed by atoms with Gasteiger partial charge in [0, 0.05) is 12.3 Å². The second-order valence-corrected chi connectivity index (χ2v) is 3.86. The molecule has 1 nitrogen and oxygen atoms in total. The number of nitrogens with two attached hydrogens (primary N) is 1. The molecule has 0 fully saturated rings. The monoisotopic (exact) mass is 203 g/mol. The zero-order chi connectivity index (χ0) is 10.8. The first-order valence-electron chi connectivity index (χ1n) is 5.13. The lowest BCUT2D eigenvalue weighted by Gasteiger charge is -2.17. The third-order valence-corrected chi connectivity index (χ3v) is 2.92. The van der Waals surface area contributed by atoms with Gasteiger partial charge in [-0.3, -0.25) is 0 Å². The molecule has 0 aromatic heterocycles. The Morgan fingerprint density at radius 3 is 2.93 bits per heavy atom. The highest BCUT2D eigenvalue weighted by molar-refractivity contribution is 5.39. The van der Waals surface area contributed by atoms with E-state index in [1.165, 1.54) is 0 Å². The maximum Gasteiger partial charge on any atom is 0.113 e. The predicted molar refractivity (Wildman–Crippen MR) is 59.2 cm³/mol. The van der Waals surface area contributed by atoms with Gasteiger partial charge in [0.1, 0.15) is 6.17 Å². The molecule has 0 radical (unpaired) electrons. The minimum atomic E-state index is -0.891. The molecule has 3 atom stereocenters. The van der Waals surface area contributed by atoms with Crippen molar-refractivity contribution in [1.82, 2.24) is 0 Å². The molecular formula is C13H14FN. The van der Waals surface area contributed by atoms with Crippen LogP contribution in [0, 0.1) is 11.8 Å². The summed E-state index contributed by atoms with van der Waals surface area (Å²) in [6, 6.07) is 7.39. The summed E-state index contributed by atoms with van der Waals surface area (Å²) in [5.41, 5.74) is 7.98. The summed E-state index contributed by atoms with van der Waals surface area (Å²) in [5.74, 6) is 5.34. The summed E-state index contributed by atoms with van der Waals surface area (Å²) < 4.78 is 13.8. The molecule has 2 heteroatoms. The van der Waals surface area contributed by atoms with Crippen LogP contribution in [-0.4, -0.2) is 12.2 Å². The van der Waals surface area contributed by atoms with Crippen molar-refractivity contribution < 1.29 is 4.39 Å². The fraction of sp³-hybridized carbons (Fsp3) is 0.385. The van der Waals surface area contributed by atoms with Crippen LogP contribution >= 0.6 is 0 Å². The van der Waals surface area contributed by atoms with Gasteiger partial charge in [-0.2, -0.15) is 0 Å². The number of rotatable bonds is 1. The average molecular weight is 203 g/mol. The van der Waals surface area contributed by atoms with Crippen LogP contribution in [-0.2, 0) is 6.42 Å². The highest BCUT2D eigenvalue weighted by atomic mass is 19.1. The molecule has 0 aliphatic heterocycles. The molecule has 1 aromatic carbocycles. The number of benzene rings is 1. The van der Waals surface area contributed by atoms with E-state index < -0.39 is 12.2 Å². The van der Waals surface area contributed by atoms with Crippen molar-refractivity contribution in [2.75, 3.05) is 0 Å². The van der Waals surface area contributed by atoms with Gasteiger partial charge < -0.3 is 5.73 Å². The van der Waals surface area contributed by atoms with E-state index in [0.717, 1.165) is 11.1 Å². The molecule has 0 saturated carbocycles. The highest BCUT2D eigenvalue weighted by Crippen LogP contribution is 2.36. The minimum Gasteiger partial charge on any atom is -0.317 e. The molecule has 1 aromatic rings. The topological polar surface area (TPSA) is 26.0 Å². The third kappa shape index (κ3) is 1.75. The second kappa shape index (κ2) is 4.04. The van der Waals surface area contributed by atoms with Gasteiger partial charge in [0.25, 0.3) is 0 Å². The largest absolute Gasteiger partial charge is 0.317 e. The fourth-order valence-corrected chi connectivity index (χ4v) is 2.25. The van der Waals surface area contributed by atoms with Gasteiger partial charge in [0.2, 0.25) is 0 Å². The first-order chi connectivity index (χ1) is 7.24. The van der Waals surface area contributed by atoms with E-state index in [0.29, 0.717) is 6.42 Å². The maximum atomic E-state index is 13.8. The van der Waals surface area contributed by atoms with E-state index in [1.807, 2.05) is 24.3 Å². The molecule has 0 bridgehead atoms. The lowest BCUT2D eigenvalue weighted by molar-refractivity contribution is 0.290. The van der Waals surface area contributed by atoms with Gasteiger partial charge in [-0.05, 0) is 18.1 Å². The molecule has 2 N–H and O–H groups in total. The van der Waals surface area contributed by atoms with Crippen LogP contribution in [0.2, 0.25) is 0 Å². The first kappa shape index (κ1) is 10.2. The van der Waals surface area contributed by atoms with Crippen LogP contribution in [0.15, 0.2) is 24.3 Å². The molecule has 0 saturated heterocycles. The van der Waals surface area contributed by atoms with Gasteiger partial charge >= 0.3 is 0 Å². The Labute approximate surface area is 89.5 Å². The van der Waals surface area contributed by atoms with Gasteiger partial charge in [-0.25, -0.2) is 4.39 Å². The Morgan fingerprint density at radius 2 is 2.20 bits per heavy atom. The minimum absolute atomic E-state index is 0.256. The molecule has 3 unspecified atom stereocenters. The molecule has 0 amide bonds. The van der Waals surface area contributed by atoms with Crippen molar-refractivity contribution in [3.05, 3.63) is 35.4 Å². The number of alkyl halides is 1. The number of hydrogen-bond donors (Lipinski definition) is 1. The van der Waals surface area contributed by atoms with E-state index >= 15 is 0 Å². The molecule has 0 spiro atoms. The molecule has 0 heterocycles. The molecule has 1 aliphatic carbocycles. The van der Waals surface area contributed by atoms with Crippen LogP contribution in [0.1, 0.15) is 24.0 Å². The summed E-state index contributed by atoms with van der Waals surface area (Å²) in [4.78, 5) is 0. The van der Waals surface area contributed by atoms with Crippen molar-refractivity contribution in [2.24, 2.45) is 5.73 Å². The van der Waals surface area contributed by atoms with Crippen molar-refractivity contribution in [3.8, 4) is 11.8 Å². The predicted octanol–water partition coefficient (Wildman–Crippen LogP) is 2.01. The molecule has 78 valence electrons. The van der Waals surface area contributed by atoms with Crippen molar-refractivity contribution >= 4 is 0 Å². The standard InChI is InChI=1S/C13H14FN/c1-2-5-12(15)13-10-7-4-3-6-9(10)8-11(13)14/h3-4,6-7,11-13H,8,15H2,1H3. The van der Waals surface area contributed by atoms with E-state index in [1.54, 1.807) is 6.92 Å². The van der Waals surface area contributed by atoms with Gasteiger partial charge in [-0.15, -0.1) is 5.92 Å². The average Bonchev–Trinajstić information content (AvgIpc) is 2.54. The smallest absolute Gasteiger partial charge is 0.113 e. The Kier molecular flexibility index (Phi) is 2.75. The Bertz CT molecular complexity index is 416. The number of fused-ring (bicyclic) bond motifs is 1. The fourth-order valence-electron chi connectivity index (χ4n) is 2.25. The Hall–Kier alpha value is -1.33. The zero-order valence-electron chi connectivity index (χ0n) is 8.70. The summed E-state index contributed by atoms with van der Waals surface area (Å²) in [7, 11) is 0. The first-order valence-corrected chi connectivity index (χ1v) is 5.13. The number of hydrogen-bond acceptors (Lipinski definition) is 1. The van der Waals surface area contributed by atoms with Gasteiger partial charge in [0.15, 0.2) is 0 Å². The van der Waals surface area contributed by atoms with Crippen molar-refractivity contribution in [3.63, 3.8) is 0 Å². The molecular weight excluding hydrogens is 189 g/mol. The van der Waals surface area contributed by atoms with Crippen molar-refractivity contribution in [2.45, 2.75) is 31.5 Å². The number of halogens is 1. The second-order valence-electron chi connectivity index (χ2n) is 3.86. The van der Waals surface area contributed by atoms with Crippen LogP contribution in [0.3, 0.4) is 0 Å². The summed E-state index contributed by atoms with van der Waals surface area (Å²) in [6.45, 7) is 1.73. The highest BCUT2D eigenvalue weighted by Gasteiger charge is 2.35. The lowest BCUT2D eigenvalue weighted by Crippen LogP contribution is -2.30. The normalized spacial score (nSPS) is 25.3. The molecule has 1 aliphatic rings. The Balaban J connectivity index is 2.36. The Morgan fingerprint density at radius 1 is 1.47 bits per heavy atom. The maximum absolute atomic E-state index is 13.8. The van der Waals surface area contributed by atoms with Gasteiger partial charge in [0.05, 0.1) is 6.04 Å².